The number of rotatable bonds is 5. The Morgan fingerprint density at radius 2 is 2.16 bits per heavy atom. The average Bonchev–Trinajstić information content (AvgIpc) is 2.76. The van der Waals surface area contributed by atoms with E-state index in [4.69, 9.17) is 4.74 Å². The number of aromatic hydroxyl groups is 1. The van der Waals surface area contributed by atoms with E-state index in [2.05, 4.69) is 0 Å². The second-order valence-corrected chi connectivity index (χ2v) is 5.47. The zero-order valence-electron chi connectivity index (χ0n) is 10.4. The van der Waals surface area contributed by atoms with Gasteiger partial charge in [0.2, 0.25) is 0 Å². The molecule has 100 valence electrons. The number of ether oxygens (including phenoxy) is 1. The largest absolute Gasteiger partial charge is 0.508 e. The van der Waals surface area contributed by atoms with Crippen LogP contribution in [-0.2, 0) is 4.79 Å². The molecule has 2 rings (SSSR count). The van der Waals surface area contributed by atoms with Crippen molar-refractivity contribution in [2.24, 2.45) is 0 Å². The van der Waals surface area contributed by atoms with Crippen molar-refractivity contribution in [1.82, 2.24) is 0 Å². The number of thiophene rings is 1. The van der Waals surface area contributed by atoms with Crippen molar-refractivity contribution in [3.8, 4) is 11.5 Å². The van der Waals surface area contributed by atoms with Gasteiger partial charge in [0.15, 0.2) is 0 Å². The van der Waals surface area contributed by atoms with Crippen LogP contribution in [-0.4, -0.2) is 22.8 Å². The minimum atomic E-state index is -0.915. The number of aliphatic carboxylic acids is 1. The molecule has 0 aliphatic rings. The van der Waals surface area contributed by atoms with Crippen molar-refractivity contribution in [3.63, 3.8) is 0 Å². The molecule has 4 nitrogen and oxygen atoms in total. The summed E-state index contributed by atoms with van der Waals surface area (Å²) >= 11 is 1.45. The summed E-state index contributed by atoms with van der Waals surface area (Å²) in [5.74, 6) is -1.06. The van der Waals surface area contributed by atoms with Crippen molar-refractivity contribution in [2.75, 3.05) is 6.61 Å². The predicted molar refractivity (Wildman–Crippen MR) is 73.0 cm³/mol. The minimum absolute atomic E-state index is 0.0404. The van der Waals surface area contributed by atoms with Gasteiger partial charge in [-0.3, -0.25) is 4.79 Å². The number of hydrogen-bond donors (Lipinski definition) is 2. The van der Waals surface area contributed by atoms with Crippen LogP contribution in [0.3, 0.4) is 0 Å². The first-order valence-corrected chi connectivity index (χ1v) is 6.59. The number of carboxylic acid groups (broad SMARTS) is 1. The molecule has 1 heterocycles. The first-order valence-electron chi connectivity index (χ1n) is 5.77. The standard InChI is InChI=1S/C14H14O4S/c1-9-5-6-13(19-9)12(14(16)17)8-18-11-4-2-3-10(15)7-11/h2-7,12,15H,8H2,1H3,(H,16,17). The lowest BCUT2D eigenvalue weighted by molar-refractivity contribution is -0.139. The van der Waals surface area contributed by atoms with Crippen LogP contribution in [0.5, 0.6) is 11.5 Å². The third-order valence-corrected chi connectivity index (χ3v) is 3.75. The summed E-state index contributed by atoms with van der Waals surface area (Å²) in [6.07, 6.45) is 0. The molecule has 0 amide bonds. The van der Waals surface area contributed by atoms with Gasteiger partial charge in [0, 0.05) is 15.8 Å². The average molecular weight is 278 g/mol. The Hall–Kier alpha value is -2.01. The van der Waals surface area contributed by atoms with Gasteiger partial charge in [-0.15, -0.1) is 11.3 Å². The van der Waals surface area contributed by atoms with Gasteiger partial charge >= 0.3 is 5.97 Å². The molecule has 0 radical (unpaired) electrons. The van der Waals surface area contributed by atoms with Gasteiger partial charge in [0.25, 0.3) is 0 Å². The smallest absolute Gasteiger partial charge is 0.315 e. The van der Waals surface area contributed by atoms with Gasteiger partial charge in [-0.2, -0.15) is 0 Å². The molecule has 1 aromatic heterocycles. The number of aryl methyl sites for hydroxylation is 1. The molecule has 0 aliphatic heterocycles. The first-order chi connectivity index (χ1) is 9.06. The Morgan fingerprint density at radius 1 is 1.37 bits per heavy atom. The Balaban J connectivity index is 2.08. The van der Waals surface area contributed by atoms with Crippen LogP contribution < -0.4 is 4.74 Å². The number of carbonyl (C=O) groups is 1. The number of hydrogen-bond acceptors (Lipinski definition) is 4. The molecule has 0 fully saturated rings. The van der Waals surface area contributed by atoms with Crippen LogP contribution in [0.15, 0.2) is 36.4 Å². The molecule has 0 aliphatic carbocycles. The highest BCUT2D eigenvalue weighted by molar-refractivity contribution is 7.12. The summed E-state index contributed by atoms with van der Waals surface area (Å²) in [5.41, 5.74) is 0. The fraction of sp³-hybridized carbons (Fsp3) is 0.214. The molecule has 19 heavy (non-hydrogen) atoms. The van der Waals surface area contributed by atoms with Gasteiger partial charge in [-0.05, 0) is 31.2 Å². The lowest BCUT2D eigenvalue weighted by Gasteiger charge is -2.12. The SMILES string of the molecule is Cc1ccc(C(COc2cccc(O)c2)C(=O)O)s1. The topological polar surface area (TPSA) is 66.8 Å². The maximum absolute atomic E-state index is 11.3. The quantitative estimate of drug-likeness (QED) is 0.882. The van der Waals surface area contributed by atoms with E-state index in [1.807, 2.05) is 19.1 Å². The van der Waals surface area contributed by atoms with Gasteiger partial charge < -0.3 is 14.9 Å². The Labute approximate surface area is 114 Å². The normalized spacial score (nSPS) is 12.1. The third-order valence-electron chi connectivity index (χ3n) is 2.64. The summed E-state index contributed by atoms with van der Waals surface area (Å²) in [5, 5.41) is 18.6. The zero-order chi connectivity index (χ0) is 13.8. The summed E-state index contributed by atoms with van der Waals surface area (Å²) in [4.78, 5) is 13.1. The van der Waals surface area contributed by atoms with Crippen LogP contribution in [0.4, 0.5) is 0 Å². The number of phenols is 1. The van der Waals surface area contributed by atoms with Crippen molar-refractivity contribution in [2.45, 2.75) is 12.8 Å². The van der Waals surface area contributed by atoms with E-state index >= 15 is 0 Å². The van der Waals surface area contributed by atoms with Crippen LogP contribution in [0.1, 0.15) is 15.7 Å². The molecule has 2 N–H and O–H groups in total. The van der Waals surface area contributed by atoms with E-state index in [0.717, 1.165) is 9.75 Å². The predicted octanol–water partition coefficient (Wildman–Crippen LogP) is 3.01. The van der Waals surface area contributed by atoms with E-state index < -0.39 is 11.9 Å². The molecule has 0 spiro atoms. The molecule has 0 saturated heterocycles. The molecular weight excluding hydrogens is 264 g/mol. The monoisotopic (exact) mass is 278 g/mol. The first kappa shape index (κ1) is 13.4. The molecule has 1 atom stereocenters. The summed E-state index contributed by atoms with van der Waals surface area (Å²) in [6, 6.07) is 10.0. The summed E-state index contributed by atoms with van der Waals surface area (Å²) in [6.45, 7) is 1.97. The lowest BCUT2D eigenvalue weighted by Crippen LogP contribution is -2.18. The fourth-order valence-corrected chi connectivity index (χ4v) is 2.62. The van der Waals surface area contributed by atoms with Crippen LogP contribution in [0, 0.1) is 6.92 Å². The van der Waals surface area contributed by atoms with Gasteiger partial charge in [0.05, 0.1) is 0 Å². The Morgan fingerprint density at radius 3 is 2.74 bits per heavy atom. The lowest BCUT2D eigenvalue weighted by atomic mass is 10.1. The molecule has 0 saturated carbocycles. The van der Waals surface area contributed by atoms with Crippen molar-refractivity contribution in [1.29, 1.82) is 0 Å². The van der Waals surface area contributed by atoms with Crippen molar-refractivity contribution >= 4 is 17.3 Å². The van der Waals surface area contributed by atoms with E-state index in [1.54, 1.807) is 12.1 Å². The maximum atomic E-state index is 11.3. The van der Waals surface area contributed by atoms with Gasteiger partial charge in [-0.1, -0.05) is 6.07 Å². The molecule has 1 unspecified atom stereocenters. The zero-order valence-corrected chi connectivity index (χ0v) is 11.2. The second kappa shape index (κ2) is 5.75. The molecular formula is C14H14O4S. The molecule has 5 heteroatoms. The van der Waals surface area contributed by atoms with E-state index in [1.165, 1.54) is 23.5 Å². The Bertz CT molecular complexity index is 576. The van der Waals surface area contributed by atoms with Gasteiger partial charge in [0.1, 0.15) is 24.0 Å². The number of carboxylic acids is 1. The highest BCUT2D eigenvalue weighted by atomic mass is 32.1. The van der Waals surface area contributed by atoms with Crippen molar-refractivity contribution < 1.29 is 19.7 Å². The van der Waals surface area contributed by atoms with Crippen LogP contribution in [0.2, 0.25) is 0 Å². The number of phenolic OH excluding ortho intramolecular Hbond substituents is 1. The Kier molecular flexibility index (Phi) is 4.06. The second-order valence-electron chi connectivity index (χ2n) is 4.15. The highest BCUT2D eigenvalue weighted by Crippen LogP contribution is 2.26. The maximum Gasteiger partial charge on any atom is 0.315 e. The van der Waals surface area contributed by atoms with Crippen molar-refractivity contribution in [3.05, 3.63) is 46.2 Å². The van der Waals surface area contributed by atoms with Crippen LogP contribution >= 0.6 is 11.3 Å². The molecule has 0 bridgehead atoms. The highest BCUT2D eigenvalue weighted by Gasteiger charge is 2.22. The fourth-order valence-electron chi connectivity index (χ4n) is 1.67. The summed E-state index contributed by atoms with van der Waals surface area (Å²) in [7, 11) is 0. The minimum Gasteiger partial charge on any atom is -0.508 e. The van der Waals surface area contributed by atoms with E-state index in [-0.39, 0.29) is 12.4 Å². The van der Waals surface area contributed by atoms with E-state index in [9.17, 15) is 15.0 Å². The van der Waals surface area contributed by atoms with Gasteiger partial charge in [-0.25, -0.2) is 0 Å². The third kappa shape index (κ3) is 3.48. The summed E-state index contributed by atoms with van der Waals surface area (Å²) < 4.78 is 5.44. The molecule has 1 aromatic carbocycles. The van der Waals surface area contributed by atoms with E-state index in [0.29, 0.717) is 5.75 Å². The molecule has 2 aromatic rings. The van der Waals surface area contributed by atoms with Crippen LogP contribution in [0.25, 0.3) is 0 Å². The number of benzene rings is 1.